The van der Waals surface area contributed by atoms with Crippen molar-refractivity contribution in [3.8, 4) is 0 Å². The standard InChI is InChI=1S/C18H23NO2/c20-17-15-7-3-4-8-16(15)18(21-17,13-5-1-2-6-13)14-9-11-19-12-10-14/h3-4,7-8,13-14,19H,1-2,5-6,9-12H2. The van der Waals surface area contributed by atoms with Crippen LogP contribution in [0, 0.1) is 11.8 Å². The average molecular weight is 285 g/mol. The first-order chi connectivity index (χ1) is 10.3. The summed E-state index contributed by atoms with van der Waals surface area (Å²) in [6, 6.07) is 8.09. The van der Waals surface area contributed by atoms with Crippen LogP contribution in [0.5, 0.6) is 0 Å². The van der Waals surface area contributed by atoms with E-state index in [1.165, 1.54) is 31.2 Å². The highest BCUT2D eigenvalue weighted by atomic mass is 16.6. The molecule has 2 fully saturated rings. The number of benzene rings is 1. The summed E-state index contributed by atoms with van der Waals surface area (Å²) in [5.74, 6) is 0.874. The van der Waals surface area contributed by atoms with E-state index in [1.807, 2.05) is 12.1 Å². The first kappa shape index (κ1) is 13.3. The number of fused-ring (bicyclic) bond motifs is 1. The maximum Gasteiger partial charge on any atom is 0.339 e. The summed E-state index contributed by atoms with van der Waals surface area (Å²) in [4.78, 5) is 12.4. The number of nitrogens with one attached hydrogen (secondary N) is 1. The fourth-order valence-electron chi connectivity index (χ4n) is 4.81. The van der Waals surface area contributed by atoms with Crippen LogP contribution >= 0.6 is 0 Å². The summed E-state index contributed by atoms with van der Waals surface area (Å²) in [6.07, 6.45) is 7.17. The van der Waals surface area contributed by atoms with Crippen LogP contribution < -0.4 is 5.32 Å². The van der Waals surface area contributed by atoms with E-state index in [2.05, 4.69) is 17.4 Å². The fraction of sp³-hybridized carbons (Fsp3) is 0.611. The number of piperidine rings is 1. The van der Waals surface area contributed by atoms with Gasteiger partial charge in [-0.15, -0.1) is 0 Å². The van der Waals surface area contributed by atoms with Crippen molar-refractivity contribution in [2.75, 3.05) is 13.1 Å². The van der Waals surface area contributed by atoms with Crippen molar-refractivity contribution >= 4 is 5.97 Å². The minimum atomic E-state index is -0.341. The predicted octanol–water partition coefficient (Wildman–Crippen LogP) is 3.24. The number of esters is 1. The van der Waals surface area contributed by atoms with Crippen molar-refractivity contribution in [2.24, 2.45) is 11.8 Å². The van der Waals surface area contributed by atoms with Gasteiger partial charge in [0.05, 0.1) is 5.56 Å². The van der Waals surface area contributed by atoms with Gasteiger partial charge in [0.15, 0.2) is 0 Å². The smallest absolute Gasteiger partial charge is 0.339 e. The summed E-state index contributed by atoms with van der Waals surface area (Å²) >= 11 is 0. The van der Waals surface area contributed by atoms with Gasteiger partial charge in [-0.1, -0.05) is 31.0 Å². The molecule has 1 unspecified atom stereocenters. The lowest BCUT2D eigenvalue weighted by atomic mass is 9.68. The van der Waals surface area contributed by atoms with Gasteiger partial charge in [0.1, 0.15) is 5.60 Å². The largest absolute Gasteiger partial charge is 0.450 e. The van der Waals surface area contributed by atoms with Crippen molar-refractivity contribution in [2.45, 2.75) is 44.1 Å². The number of hydrogen-bond acceptors (Lipinski definition) is 3. The zero-order chi connectivity index (χ0) is 14.3. The lowest BCUT2D eigenvalue weighted by Gasteiger charge is -2.43. The lowest BCUT2D eigenvalue weighted by Crippen LogP contribution is -2.46. The molecule has 112 valence electrons. The predicted molar refractivity (Wildman–Crippen MR) is 81.1 cm³/mol. The van der Waals surface area contributed by atoms with Gasteiger partial charge in [-0.25, -0.2) is 4.79 Å². The van der Waals surface area contributed by atoms with E-state index in [9.17, 15) is 4.79 Å². The average Bonchev–Trinajstić information content (AvgIpc) is 3.16. The molecule has 1 saturated heterocycles. The number of hydrogen-bond donors (Lipinski definition) is 1. The van der Waals surface area contributed by atoms with Crippen molar-refractivity contribution in [3.63, 3.8) is 0 Å². The van der Waals surface area contributed by atoms with Gasteiger partial charge >= 0.3 is 5.97 Å². The third kappa shape index (κ3) is 1.94. The number of carbonyl (C=O) groups excluding carboxylic acids is 1. The Morgan fingerprint density at radius 3 is 2.43 bits per heavy atom. The fourth-order valence-corrected chi connectivity index (χ4v) is 4.81. The van der Waals surface area contributed by atoms with Crippen LogP contribution in [0.4, 0.5) is 0 Å². The van der Waals surface area contributed by atoms with Gasteiger partial charge < -0.3 is 10.1 Å². The molecule has 0 bridgehead atoms. The third-order valence-corrected chi connectivity index (χ3v) is 5.74. The summed E-state index contributed by atoms with van der Waals surface area (Å²) in [7, 11) is 0. The molecule has 1 atom stereocenters. The topological polar surface area (TPSA) is 38.3 Å². The Bertz CT molecular complexity index is 544. The first-order valence-corrected chi connectivity index (χ1v) is 8.36. The molecule has 1 aromatic rings. The van der Waals surface area contributed by atoms with Crippen molar-refractivity contribution < 1.29 is 9.53 Å². The number of cyclic esters (lactones) is 1. The molecule has 4 rings (SSSR count). The first-order valence-electron chi connectivity index (χ1n) is 8.36. The summed E-state index contributed by atoms with van der Waals surface area (Å²) in [6.45, 7) is 2.08. The van der Waals surface area contributed by atoms with Gasteiger partial charge in [-0.05, 0) is 44.8 Å². The molecule has 3 aliphatic rings. The minimum Gasteiger partial charge on any atom is -0.450 e. The van der Waals surface area contributed by atoms with Gasteiger partial charge in [-0.2, -0.15) is 0 Å². The lowest BCUT2D eigenvalue weighted by molar-refractivity contribution is -0.0884. The molecule has 1 aliphatic carbocycles. The van der Waals surface area contributed by atoms with Crippen LogP contribution in [-0.4, -0.2) is 19.1 Å². The molecule has 0 radical (unpaired) electrons. The Balaban J connectivity index is 1.82. The van der Waals surface area contributed by atoms with Crippen molar-refractivity contribution in [1.82, 2.24) is 5.32 Å². The van der Waals surface area contributed by atoms with Gasteiger partial charge in [0.2, 0.25) is 0 Å². The second-order valence-corrected chi connectivity index (χ2v) is 6.73. The Morgan fingerprint density at radius 1 is 1.00 bits per heavy atom. The van der Waals surface area contributed by atoms with Crippen LogP contribution in [0.2, 0.25) is 0 Å². The van der Waals surface area contributed by atoms with Crippen LogP contribution in [0.1, 0.15) is 54.4 Å². The summed E-state index contributed by atoms with van der Waals surface area (Å²) in [5, 5.41) is 3.44. The Hall–Kier alpha value is -1.35. The molecule has 0 amide bonds. The summed E-state index contributed by atoms with van der Waals surface area (Å²) in [5.41, 5.74) is 1.64. The van der Waals surface area contributed by atoms with Gasteiger partial charge in [0, 0.05) is 17.4 Å². The van der Waals surface area contributed by atoms with E-state index in [0.29, 0.717) is 11.8 Å². The second kappa shape index (κ2) is 5.13. The highest BCUT2D eigenvalue weighted by Crippen LogP contribution is 2.54. The molecule has 1 aromatic carbocycles. The Labute approximate surface area is 126 Å². The maximum atomic E-state index is 12.4. The molecule has 21 heavy (non-hydrogen) atoms. The number of carbonyl (C=O) groups is 1. The van der Waals surface area contributed by atoms with E-state index in [-0.39, 0.29) is 11.6 Å². The highest BCUT2D eigenvalue weighted by molar-refractivity contribution is 5.94. The summed E-state index contributed by atoms with van der Waals surface area (Å²) < 4.78 is 6.18. The van der Waals surface area contributed by atoms with E-state index in [0.717, 1.165) is 31.5 Å². The molecule has 1 N–H and O–H groups in total. The highest BCUT2D eigenvalue weighted by Gasteiger charge is 2.55. The molecule has 0 aromatic heterocycles. The molecule has 1 saturated carbocycles. The van der Waals surface area contributed by atoms with Crippen molar-refractivity contribution in [3.05, 3.63) is 35.4 Å². The zero-order valence-corrected chi connectivity index (χ0v) is 12.4. The molecule has 3 nitrogen and oxygen atoms in total. The van der Waals surface area contributed by atoms with Crippen LogP contribution in [0.15, 0.2) is 24.3 Å². The molecule has 0 spiro atoms. The molecular weight excluding hydrogens is 262 g/mol. The van der Waals surface area contributed by atoms with Crippen LogP contribution in [0.3, 0.4) is 0 Å². The third-order valence-electron chi connectivity index (χ3n) is 5.74. The monoisotopic (exact) mass is 285 g/mol. The van der Waals surface area contributed by atoms with Gasteiger partial charge in [0.25, 0.3) is 0 Å². The second-order valence-electron chi connectivity index (χ2n) is 6.73. The van der Waals surface area contributed by atoms with Crippen molar-refractivity contribution in [1.29, 1.82) is 0 Å². The van der Waals surface area contributed by atoms with E-state index in [1.54, 1.807) is 0 Å². The minimum absolute atomic E-state index is 0.101. The Kier molecular flexibility index (Phi) is 3.26. The molecule has 2 aliphatic heterocycles. The van der Waals surface area contributed by atoms with Crippen LogP contribution in [-0.2, 0) is 10.3 Å². The zero-order valence-electron chi connectivity index (χ0n) is 12.4. The number of ether oxygens (including phenoxy) is 1. The van der Waals surface area contributed by atoms with Gasteiger partial charge in [-0.3, -0.25) is 0 Å². The Morgan fingerprint density at radius 2 is 1.67 bits per heavy atom. The number of rotatable bonds is 2. The van der Waals surface area contributed by atoms with E-state index >= 15 is 0 Å². The molecular formula is C18H23NO2. The molecule has 2 heterocycles. The quantitative estimate of drug-likeness (QED) is 0.848. The molecule has 3 heteroatoms. The maximum absolute atomic E-state index is 12.4. The SMILES string of the molecule is O=C1OC(C2CCCC2)(C2CCNCC2)c2ccccc21. The van der Waals surface area contributed by atoms with E-state index < -0.39 is 0 Å². The van der Waals surface area contributed by atoms with E-state index in [4.69, 9.17) is 4.74 Å². The normalized spacial score (nSPS) is 30.4. The van der Waals surface area contributed by atoms with Crippen LogP contribution in [0.25, 0.3) is 0 Å².